The van der Waals surface area contributed by atoms with E-state index in [-0.39, 0.29) is 0 Å². The van der Waals surface area contributed by atoms with Crippen LogP contribution in [0.4, 0.5) is 26.3 Å². The van der Waals surface area contributed by atoms with Crippen LogP contribution in [0.5, 0.6) is 0 Å². The minimum Gasteiger partial charge on any atom is -0.362 e. The predicted molar refractivity (Wildman–Crippen MR) is 44.5 cm³/mol. The zero-order valence-corrected chi connectivity index (χ0v) is 9.29. The second-order valence-electron chi connectivity index (χ2n) is 2.75. The van der Waals surface area contributed by atoms with Crippen LogP contribution in [0.25, 0.3) is 0 Å². The maximum Gasteiger partial charge on any atom is 0.411 e. The Morgan fingerprint density at radius 1 is 1.00 bits per heavy atom. The number of alkyl halides is 8. The van der Waals surface area contributed by atoms with Gasteiger partial charge in [-0.1, -0.05) is 0 Å². The molecule has 0 aliphatic carbocycles. The van der Waals surface area contributed by atoms with Crippen LogP contribution in [-0.2, 0) is 9.47 Å². The summed E-state index contributed by atoms with van der Waals surface area (Å²) in [5.74, 6) is 0. The smallest absolute Gasteiger partial charge is 0.362 e. The largest absolute Gasteiger partial charge is 0.411 e. The molecule has 0 aromatic heterocycles. The fourth-order valence-corrected chi connectivity index (χ4v) is 0.680. The molecule has 0 aliphatic rings. The molecule has 0 radical (unpaired) electrons. The summed E-state index contributed by atoms with van der Waals surface area (Å²) in [5.41, 5.74) is 0. The summed E-state index contributed by atoms with van der Waals surface area (Å²) >= 11 is 8.99. The van der Waals surface area contributed by atoms with Gasteiger partial charge >= 0.3 is 16.9 Å². The Labute approximate surface area is 101 Å². The number of rotatable bonds is 6. The van der Waals surface area contributed by atoms with Gasteiger partial charge in [-0.15, -0.1) is 0 Å². The Morgan fingerprint density at radius 2 is 1.47 bits per heavy atom. The van der Waals surface area contributed by atoms with Crippen LogP contribution in [0.1, 0.15) is 0 Å². The molecule has 3 nitrogen and oxygen atoms in total. The first-order valence-corrected chi connectivity index (χ1v) is 4.54. The highest BCUT2D eigenvalue weighted by molar-refractivity contribution is 6.22. The van der Waals surface area contributed by atoms with Crippen molar-refractivity contribution < 1.29 is 40.9 Å². The number of aliphatic hydroxyl groups is 1. The van der Waals surface area contributed by atoms with Gasteiger partial charge in [-0.2, -0.15) is 26.3 Å². The Kier molecular flexibility index (Phi) is 5.80. The minimum atomic E-state index is -4.86. The van der Waals surface area contributed by atoms with Gasteiger partial charge in [0.05, 0.1) is 0 Å². The summed E-state index contributed by atoms with van der Waals surface area (Å²) in [4.78, 5) is 0. The zero-order valence-electron chi connectivity index (χ0n) is 7.78. The average Bonchev–Trinajstić information content (AvgIpc) is 2.09. The van der Waals surface area contributed by atoms with Gasteiger partial charge in [-0.3, -0.25) is 0 Å². The third kappa shape index (κ3) is 8.72. The summed E-state index contributed by atoms with van der Waals surface area (Å²) < 4.78 is 79.0. The molecule has 0 heterocycles. The summed E-state index contributed by atoms with van der Waals surface area (Å²) in [5, 5.41) is 0.716. The Bertz CT molecular complexity index is 241. The van der Waals surface area contributed by atoms with E-state index in [0.29, 0.717) is 0 Å². The normalized spacial score (nSPS) is 18.9. The van der Waals surface area contributed by atoms with E-state index < -0.39 is 36.4 Å². The van der Waals surface area contributed by atoms with Crippen LogP contribution in [0.2, 0.25) is 0 Å². The third-order valence-corrected chi connectivity index (χ3v) is 1.54. The molecule has 0 spiro atoms. The van der Waals surface area contributed by atoms with E-state index in [1.807, 2.05) is 0 Å². The summed E-state index contributed by atoms with van der Waals surface area (Å²) in [6.45, 7) is -3.63. The van der Waals surface area contributed by atoms with Crippen molar-refractivity contribution in [2.45, 2.75) is 23.2 Å². The van der Waals surface area contributed by atoms with Crippen LogP contribution < -0.4 is 0 Å². The number of hydrogen-bond donors (Lipinski definition) is 1. The molecular formula is C6H6Cl2F6O3. The SMILES string of the molecule is OC(OCC(F)(Cl)OCC(F)(F)F)C(F)(F)Cl. The molecule has 0 aromatic carbocycles. The van der Waals surface area contributed by atoms with Crippen molar-refractivity contribution in [2.75, 3.05) is 13.2 Å². The molecular weight excluding hydrogens is 305 g/mol. The van der Waals surface area contributed by atoms with E-state index in [1.165, 1.54) is 0 Å². The van der Waals surface area contributed by atoms with E-state index in [1.54, 1.807) is 0 Å². The molecule has 0 saturated carbocycles. The van der Waals surface area contributed by atoms with Crippen molar-refractivity contribution in [2.24, 2.45) is 0 Å². The quantitative estimate of drug-likeness (QED) is 0.465. The monoisotopic (exact) mass is 310 g/mol. The summed E-state index contributed by atoms with van der Waals surface area (Å²) in [6.07, 6.45) is -7.80. The minimum absolute atomic E-state index is 1.58. The van der Waals surface area contributed by atoms with Gasteiger partial charge in [-0.05, 0) is 23.2 Å². The van der Waals surface area contributed by atoms with E-state index in [0.717, 1.165) is 0 Å². The Morgan fingerprint density at radius 3 is 1.82 bits per heavy atom. The molecule has 0 rings (SSSR count). The maximum absolute atomic E-state index is 12.9. The zero-order chi connectivity index (χ0) is 13.9. The highest BCUT2D eigenvalue weighted by Gasteiger charge is 2.41. The topological polar surface area (TPSA) is 38.7 Å². The van der Waals surface area contributed by atoms with Gasteiger partial charge < -0.3 is 14.6 Å². The first kappa shape index (κ1) is 17.0. The van der Waals surface area contributed by atoms with Gasteiger partial charge in [0, 0.05) is 0 Å². The lowest BCUT2D eigenvalue weighted by molar-refractivity contribution is -0.254. The van der Waals surface area contributed by atoms with Crippen molar-refractivity contribution in [1.82, 2.24) is 0 Å². The molecule has 2 unspecified atom stereocenters. The molecule has 0 aliphatic heterocycles. The van der Waals surface area contributed by atoms with E-state index in [2.05, 4.69) is 21.1 Å². The van der Waals surface area contributed by atoms with Crippen molar-refractivity contribution in [1.29, 1.82) is 0 Å². The summed E-state index contributed by atoms with van der Waals surface area (Å²) in [7, 11) is 0. The number of ether oxygens (including phenoxy) is 2. The molecule has 0 bridgehead atoms. The Balaban J connectivity index is 4.10. The van der Waals surface area contributed by atoms with Gasteiger partial charge in [0.1, 0.15) is 13.2 Å². The van der Waals surface area contributed by atoms with Crippen molar-refractivity contribution in [3.8, 4) is 0 Å². The lowest BCUT2D eigenvalue weighted by Gasteiger charge is -2.22. The van der Waals surface area contributed by atoms with Crippen molar-refractivity contribution in [3.63, 3.8) is 0 Å². The standard InChI is InChI=1S/C6H6Cl2F6O3/c7-4(9,17-2-5(10,11)12)1-16-3(15)6(8,13)14/h3,15H,1-2H2. The molecule has 0 amide bonds. The summed E-state index contributed by atoms with van der Waals surface area (Å²) in [6, 6.07) is 0. The van der Waals surface area contributed by atoms with Crippen molar-refractivity contribution >= 4 is 23.2 Å². The molecule has 17 heavy (non-hydrogen) atoms. The lowest BCUT2D eigenvalue weighted by Crippen LogP contribution is -2.37. The second-order valence-corrected chi connectivity index (χ2v) is 3.81. The highest BCUT2D eigenvalue weighted by atomic mass is 35.5. The molecule has 104 valence electrons. The molecule has 1 N–H and O–H groups in total. The average molecular weight is 311 g/mol. The molecule has 2 atom stereocenters. The first-order chi connectivity index (χ1) is 7.33. The third-order valence-electron chi connectivity index (χ3n) is 1.14. The van der Waals surface area contributed by atoms with Gasteiger partial charge in [-0.25, -0.2) is 0 Å². The van der Waals surface area contributed by atoms with Gasteiger partial charge in [0.2, 0.25) is 6.29 Å². The van der Waals surface area contributed by atoms with Crippen LogP contribution >= 0.6 is 23.2 Å². The molecule has 0 saturated heterocycles. The lowest BCUT2D eigenvalue weighted by atomic mass is 10.6. The van der Waals surface area contributed by atoms with Crippen LogP contribution in [-0.4, -0.2) is 41.5 Å². The van der Waals surface area contributed by atoms with E-state index in [4.69, 9.17) is 16.7 Å². The highest BCUT2D eigenvalue weighted by Crippen LogP contribution is 2.28. The van der Waals surface area contributed by atoms with Crippen LogP contribution in [0, 0.1) is 0 Å². The predicted octanol–water partition coefficient (Wildman–Crippen LogP) is 2.59. The van der Waals surface area contributed by atoms with E-state index >= 15 is 0 Å². The molecule has 0 fully saturated rings. The fraction of sp³-hybridized carbons (Fsp3) is 1.00. The Hall–Kier alpha value is 0.0400. The molecule has 11 heteroatoms. The van der Waals surface area contributed by atoms with Crippen LogP contribution in [0.15, 0.2) is 0 Å². The van der Waals surface area contributed by atoms with E-state index in [9.17, 15) is 26.3 Å². The number of hydrogen-bond acceptors (Lipinski definition) is 3. The van der Waals surface area contributed by atoms with Crippen molar-refractivity contribution in [3.05, 3.63) is 0 Å². The van der Waals surface area contributed by atoms with Gasteiger partial charge in [0.25, 0.3) is 0 Å². The first-order valence-electron chi connectivity index (χ1n) is 3.78. The fourth-order valence-electron chi connectivity index (χ4n) is 0.500. The van der Waals surface area contributed by atoms with Gasteiger partial charge in [0.15, 0.2) is 0 Å². The molecule has 0 aromatic rings. The van der Waals surface area contributed by atoms with Crippen LogP contribution in [0.3, 0.4) is 0 Å². The number of halogens is 8. The number of aliphatic hydroxyl groups excluding tert-OH is 1. The maximum atomic E-state index is 12.9. The second kappa shape index (κ2) is 5.79.